The van der Waals surface area contributed by atoms with E-state index in [2.05, 4.69) is 21.3 Å². The Balaban J connectivity index is 1.90. The van der Waals surface area contributed by atoms with Crippen LogP contribution in [0.2, 0.25) is 0 Å². The van der Waals surface area contributed by atoms with Gasteiger partial charge < -0.3 is 31.7 Å². The highest BCUT2D eigenvalue weighted by atomic mass is 19.4. The molecule has 50 heavy (non-hydrogen) atoms. The van der Waals surface area contributed by atoms with E-state index in [4.69, 9.17) is 10.5 Å². The molecule has 2 saturated heterocycles. The van der Waals surface area contributed by atoms with Gasteiger partial charge in [0.05, 0.1) is 18.0 Å². The molecule has 2 heterocycles. The van der Waals surface area contributed by atoms with Crippen molar-refractivity contribution in [2.45, 2.75) is 103 Å². The quantitative estimate of drug-likeness (QED) is 0.161. The molecule has 2 fully saturated rings. The van der Waals surface area contributed by atoms with Gasteiger partial charge >= 0.3 is 12.3 Å². The third-order valence-corrected chi connectivity index (χ3v) is 8.90. The fraction of sp³-hybridized carbons (Fsp3) is 0.647. The Bertz CT molecular complexity index is 1350. The number of halogens is 3. The van der Waals surface area contributed by atoms with Crippen LogP contribution in [-0.2, 0) is 35.1 Å². The molecular weight excluding hydrogens is 661 g/mol. The number of benzene rings is 1. The zero-order valence-electron chi connectivity index (χ0n) is 28.9. The average molecular weight is 711 g/mol. The van der Waals surface area contributed by atoms with Crippen molar-refractivity contribution < 1.29 is 46.7 Å². The monoisotopic (exact) mass is 710 g/mol. The Morgan fingerprint density at radius 2 is 1.56 bits per heavy atom. The first-order valence-corrected chi connectivity index (χ1v) is 17.0. The van der Waals surface area contributed by atoms with Crippen LogP contribution >= 0.6 is 0 Å². The normalized spacial score (nSPS) is 19.6. The summed E-state index contributed by atoms with van der Waals surface area (Å²) in [4.78, 5) is 79.9. The summed E-state index contributed by atoms with van der Waals surface area (Å²) in [5.41, 5.74) is 6.11. The first-order valence-electron chi connectivity index (χ1n) is 17.0. The molecule has 13 nitrogen and oxygen atoms in total. The first kappa shape index (κ1) is 40.2. The highest BCUT2D eigenvalue weighted by Gasteiger charge is 2.45. The summed E-state index contributed by atoms with van der Waals surface area (Å²) >= 11 is 0. The van der Waals surface area contributed by atoms with Crippen LogP contribution in [0.4, 0.5) is 18.0 Å². The fourth-order valence-electron chi connectivity index (χ4n) is 6.38. The molecular formula is C34H49F3N6O7. The predicted molar refractivity (Wildman–Crippen MR) is 176 cm³/mol. The van der Waals surface area contributed by atoms with Gasteiger partial charge in [-0.15, -0.1) is 0 Å². The zero-order valence-corrected chi connectivity index (χ0v) is 28.9. The van der Waals surface area contributed by atoms with Crippen LogP contribution in [0.15, 0.2) is 30.3 Å². The second-order valence-corrected chi connectivity index (χ2v) is 13.7. The molecule has 1 aromatic carbocycles. The van der Waals surface area contributed by atoms with E-state index in [1.165, 1.54) is 0 Å². The molecule has 1 aromatic rings. The van der Waals surface area contributed by atoms with Crippen LogP contribution in [0.5, 0.6) is 0 Å². The van der Waals surface area contributed by atoms with Crippen molar-refractivity contribution in [2.75, 3.05) is 19.6 Å². The van der Waals surface area contributed by atoms with Crippen LogP contribution in [0.1, 0.15) is 65.4 Å². The molecule has 0 saturated carbocycles. The van der Waals surface area contributed by atoms with Gasteiger partial charge in [-0.1, -0.05) is 44.2 Å². The van der Waals surface area contributed by atoms with E-state index in [0.29, 0.717) is 13.0 Å². The van der Waals surface area contributed by atoms with Crippen LogP contribution in [0, 0.1) is 17.8 Å². The Morgan fingerprint density at radius 3 is 2.08 bits per heavy atom. The number of hydrogen-bond donors (Lipinski definition) is 5. The summed E-state index contributed by atoms with van der Waals surface area (Å²) in [6, 6.07) is 4.80. The molecule has 16 heteroatoms. The number of primary amides is 1. The number of amides is 5. The Labute approximate surface area is 290 Å². The van der Waals surface area contributed by atoms with Crippen LogP contribution < -0.4 is 27.0 Å². The summed E-state index contributed by atoms with van der Waals surface area (Å²) in [5, 5.41) is 10.3. The molecule has 0 spiro atoms. The minimum absolute atomic E-state index is 0.0412. The SMILES string of the molecule is CC(C)C[C@H](NC(=O)[C@@H](OC(N)=O)C(Cc1ccccc1)N1CCC(C(F)(F)F)CC1)C(=O)N[C@@H](C[C@@H]1CCNC1=O)C(=O)C(=O)NC(C)C. The molecule has 0 aliphatic carbocycles. The van der Waals surface area contributed by atoms with Crippen molar-refractivity contribution in [3.05, 3.63) is 35.9 Å². The van der Waals surface area contributed by atoms with Gasteiger partial charge in [-0.3, -0.25) is 28.9 Å². The van der Waals surface area contributed by atoms with Gasteiger partial charge in [-0.05, 0) is 76.9 Å². The van der Waals surface area contributed by atoms with E-state index in [0.717, 1.165) is 5.56 Å². The maximum Gasteiger partial charge on any atom is 0.405 e. The second-order valence-electron chi connectivity index (χ2n) is 13.7. The van der Waals surface area contributed by atoms with Crippen molar-refractivity contribution in [3.8, 4) is 0 Å². The third-order valence-electron chi connectivity index (χ3n) is 8.90. The Kier molecular flexibility index (Phi) is 14.6. The smallest absolute Gasteiger partial charge is 0.405 e. The lowest BCUT2D eigenvalue weighted by Crippen LogP contribution is -2.60. The number of carbonyl (C=O) groups excluding carboxylic acids is 6. The molecule has 0 bridgehead atoms. The summed E-state index contributed by atoms with van der Waals surface area (Å²) in [5.74, 6) is -6.28. The van der Waals surface area contributed by atoms with Crippen molar-refractivity contribution in [2.24, 2.45) is 23.5 Å². The van der Waals surface area contributed by atoms with Crippen LogP contribution in [-0.4, -0.2) is 96.5 Å². The predicted octanol–water partition coefficient (Wildman–Crippen LogP) is 1.97. The highest BCUT2D eigenvalue weighted by Crippen LogP contribution is 2.35. The zero-order chi connectivity index (χ0) is 37.2. The molecule has 1 unspecified atom stereocenters. The maximum atomic E-state index is 14.0. The molecule has 2 aliphatic rings. The number of alkyl halides is 3. The maximum absolute atomic E-state index is 14.0. The molecule has 3 rings (SSSR count). The second kappa shape index (κ2) is 18.2. The van der Waals surface area contributed by atoms with Gasteiger partial charge in [0.2, 0.25) is 17.6 Å². The van der Waals surface area contributed by atoms with Gasteiger partial charge in [-0.25, -0.2) is 4.79 Å². The lowest BCUT2D eigenvalue weighted by molar-refractivity contribution is -0.187. The summed E-state index contributed by atoms with van der Waals surface area (Å²) in [6.07, 6.45) is -7.35. The Hall–Kier alpha value is -4.21. The largest absolute Gasteiger partial charge is 0.435 e. The molecule has 6 N–H and O–H groups in total. The summed E-state index contributed by atoms with van der Waals surface area (Å²) < 4.78 is 45.9. The number of piperidine rings is 1. The number of carbonyl (C=O) groups is 6. The number of nitrogens with two attached hydrogens (primary N) is 1. The van der Waals surface area contributed by atoms with Crippen LogP contribution in [0.3, 0.4) is 0 Å². The fourth-order valence-corrected chi connectivity index (χ4v) is 6.38. The lowest BCUT2D eigenvalue weighted by Gasteiger charge is -2.40. The number of rotatable bonds is 16. The highest BCUT2D eigenvalue weighted by molar-refractivity contribution is 6.38. The van der Waals surface area contributed by atoms with E-state index >= 15 is 0 Å². The number of likely N-dealkylation sites (tertiary alicyclic amines) is 1. The van der Waals surface area contributed by atoms with E-state index in [1.54, 1.807) is 62.9 Å². The number of ketones is 1. The first-order chi connectivity index (χ1) is 23.5. The minimum atomic E-state index is -4.38. The third kappa shape index (κ3) is 12.0. The number of hydrogen-bond acceptors (Lipinski definition) is 8. The van der Waals surface area contributed by atoms with Crippen LogP contribution in [0.25, 0.3) is 0 Å². The van der Waals surface area contributed by atoms with Crippen molar-refractivity contribution in [1.29, 1.82) is 0 Å². The number of ether oxygens (including phenoxy) is 1. The molecule has 5 atom stereocenters. The van der Waals surface area contributed by atoms with Gasteiger partial charge in [0.1, 0.15) is 6.04 Å². The molecule has 0 aromatic heterocycles. The van der Waals surface area contributed by atoms with Crippen molar-refractivity contribution >= 4 is 35.5 Å². The molecule has 2 aliphatic heterocycles. The van der Waals surface area contributed by atoms with Gasteiger partial charge in [0, 0.05) is 18.5 Å². The van der Waals surface area contributed by atoms with Gasteiger partial charge in [0.15, 0.2) is 6.10 Å². The van der Waals surface area contributed by atoms with Crippen molar-refractivity contribution in [1.82, 2.24) is 26.2 Å². The Morgan fingerprint density at radius 1 is 0.940 bits per heavy atom. The average Bonchev–Trinajstić information content (AvgIpc) is 3.44. The van der Waals surface area contributed by atoms with E-state index in [1.807, 2.05) is 0 Å². The topological polar surface area (TPSA) is 189 Å². The molecule has 0 radical (unpaired) electrons. The molecule has 278 valence electrons. The standard InChI is InChI=1S/C34H49F3N6O7/c1-19(2)16-25(30(46)41-24(18-22-10-13-39-29(22)45)27(44)31(47)40-20(3)4)42-32(48)28(50-33(38)49)26(17-21-8-6-5-7-9-21)43-14-11-23(12-15-43)34(35,36)37/h5-9,19-20,22-26,28H,10-18H2,1-4H3,(H2,38,49)(H,39,45)(H,40,47)(H,41,46)(H,42,48)/t22-,24-,25-,26?,28-/m0/s1. The van der Waals surface area contributed by atoms with Gasteiger partial charge in [0.25, 0.3) is 11.8 Å². The lowest BCUT2D eigenvalue weighted by atomic mass is 9.91. The number of nitrogens with zero attached hydrogens (tertiary/aromatic N) is 1. The van der Waals surface area contributed by atoms with E-state index < -0.39 is 71.8 Å². The minimum Gasteiger partial charge on any atom is -0.435 e. The number of nitrogens with one attached hydrogen (secondary N) is 4. The number of Topliss-reactive ketones (excluding diaryl/α,β-unsaturated/α-hetero) is 1. The molecule has 5 amide bonds. The van der Waals surface area contributed by atoms with E-state index in [9.17, 15) is 41.9 Å². The summed E-state index contributed by atoms with van der Waals surface area (Å²) in [7, 11) is 0. The van der Waals surface area contributed by atoms with Gasteiger partial charge in [-0.2, -0.15) is 13.2 Å². The van der Waals surface area contributed by atoms with E-state index in [-0.39, 0.29) is 63.1 Å². The summed E-state index contributed by atoms with van der Waals surface area (Å²) in [6.45, 7) is 7.18. The van der Waals surface area contributed by atoms with Crippen molar-refractivity contribution in [3.63, 3.8) is 0 Å².